The monoisotopic (exact) mass is 265 g/mol. The third-order valence-corrected chi connectivity index (χ3v) is 4.46. The molecule has 0 aliphatic carbocycles. The Morgan fingerprint density at radius 1 is 1.33 bits per heavy atom. The van der Waals surface area contributed by atoms with E-state index in [9.17, 15) is 0 Å². The summed E-state index contributed by atoms with van der Waals surface area (Å²) in [5, 5.41) is 4.40. The molecule has 0 radical (unpaired) electrons. The van der Waals surface area contributed by atoms with E-state index in [1.54, 1.807) is 6.20 Å². The average molecular weight is 266 g/mol. The summed E-state index contributed by atoms with van der Waals surface area (Å²) in [6, 6.07) is 6.03. The van der Waals surface area contributed by atoms with Gasteiger partial charge < -0.3 is 10.2 Å². The molecule has 2 fully saturated rings. The summed E-state index contributed by atoms with van der Waals surface area (Å²) >= 11 is 5.91. The summed E-state index contributed by atoms with van der Waals surface area (Å²) in [7, 11) is 0. The Bertz CT molecular complexity index is 394. The zero-order chi connectivity index (χ0) is 12.5. The zero-order valence-electron chi connectivity index (χ0n) is 10.8. The van der Waals surface area contributed by atoms with Crippen LogP contribution in [0.25, 0.3) is 0 Å². The second kappa shape index (κ2) is 5.06. The highest BCUT2D eigenvalue weighted by atomic mass is 35.5. The fourth-order valence-corrected chi connectivity index (χ4v) is 3.54. The lowest BCUT2D eigenvalue weighted by atomic mass is 9.98. The molecule has 2 unspecified atom stereocenters. The second-order valence-corrected chi connectivity index (χ2v) is 5.82. The van der Waals surface area contributed by atoms with Gasteiger partial charge in [0.25, 0.3) is 0 Å². The van der Waals surface area contributed by atoms with E-state index in [2.05, 4.69) is 22.1 Å². The largest absolute Gasteiger partial charge is 0.354 e. The Morgan fingerprint density at radius 3 is 2.61 bits per heavy atom. The molecule has 4 heteroatoms. The van der Waals surface area contributed by atoms with Crippen molar-refractivity contribution >= 4 is 17.4 Å². The molecule has 2 aliphatic heterocycles. The topological polar surface area (TPSA) is 28.2 Å². The number of anilines is 1. The van der Waals surface area contributed by atoms with Crippen molar-refractivity contribution in [3.05, 3.63) is 23.4 Å². The zero-order valence-corrected chi connectivity index (χ0v) is 11.5. The first-order chi connectivity index (χ1) is 8.76. The lowest BCUT2D eigenvalue weighted by Crippen LogP contribution is -2.48. The highest BCUT2D eigenvalue weighted by Crippen LogP contribution is 2.31. The summed E-state index contributed by atoms with van der Waals surface area (Å²) in [6.07, 6.45) is 6.91. The third kappa shape index (κ3) is 2.34. The standard InChI is InChI=1S/C14H20ClN3/c1-2-18(14-6-3-10(15)9-16-14)13-7-11-4-5-12(8-13)17-11/h3,6,9,11-13,17H,2,4-5,7-8H2,1H3. The molecule has 18 heavy (non-hydrogen) atoms. The Kier molecular flexibility index (Phi) is 3.44. The maximum Gasteiger partial charge on any atom is 0.128 e. The number of hydrogen-bond acceptors (Lipinski definition) is 3. The lowest BCUT2D eigenvalue weighted by molar-refractivity contribution is 0.348. The van der Waals surface area contributed by atoms with E-state index in [1.165, 1.54) is 25.7 Å². The summed E-state index contributed by atoms with van der Waals surface area (Å²) < 4.78 is 0. The minimum atomic E-state index is 0.627. The normalized spacial score (nSPS) is 30.4. The van der Waals surface area contributed by atoms with Gasteiger partial charge in [-0.3, -0.25) is 0 Å². The van der Waals surface area contributed by atoms with E-state index < -0.39 is 0 Å². The fourth-order valence-electron chi connectivity index (χ4n) is 3.43. The SMILES string of the molecule is CCN(c1ccc(Cl)cn1)C1CC2CCC(C1)N2. The Morgan fingerprint density at radius 2 is 2.06 bits per heavy atom. The molecular formula is C14H20ClN3. The van der Waals surface area contributed by atoms with Crippen LogP contribution in [-0.4, -0.2) is 29.7 Å². The Labute approximate surface area is 114 Å². The average Bonchev–Trinajstić information content (AvgIpc) is 2.72. The minimum Gasteiger partial charge on any atom is -0.354 e. The van der Waals surface area contributed by atoms with Crippen molar-refractivity contribution in [2.24, 2.45) is 0 Å². The molecule has 3 nitrogen and oxygen atoms in total. The van der Waals surface area contributed by atoms with Crippen LogP contribution in [0.3, 0.4) is 0 Å². The quantitative estimate of drug-likeness (QED) is 0.911. The predicted molar refractivity (Wildman–Crippen MR) is 75.2 cm³/mol. The van der Waals surface area contributed by atoms with Gasteiger partial charge in [0.05, 0.1) is 5.02 Å². The number of hydrogen-bond donors (Lipinski definition) is 1. The van der Waals surface area contributed by atoms with Gasteiger partial charge in [-0.25, -0.2) is 4.98 Å². The number of nitrogens with one attached hydrogen (secondary N) is 1. The molecule has 3 heterocycles. The Hall–Kier alpha value is -0.800. The van der Waals surface area contributed by atoms with Gasteiger partial charge in [0.1, 0.15) is 5.82 Å². The van der Waals surface area contributed by atoms with E-state index in [4.69, 9.17) is 11.6 Å². The van der Waals surface area contributed by atoms with Crippen LogP contribution in [-0.2, 0) is 0 Å². The maximum absolute atomic E-state index is 5.91. The van der Waals surface area contributed by atoms with Crippen molar-refractivity contribution in [3.63, 3.8) is 0 Å². The number of nitrogens with zero attached hydrogens (tertiary/aromatic N) is 2. The number of fused-ring (bicyclic) bond motifs is 2. The number of piperidine rings is 1. The van der Waals surface area contributed by atoms with Gasteiger partial charge in [0, 0.05) is 30.9 Å². The van der Waals surface area contributed by atoms with Crippen LogP contribution in [0.15, 0.2) is 18.3 Å². The lowest BCUT2D eigenvalue weighted by Gasteiger charge is -2.38. The molecular weight excluding hydrogens is 246 g/mol. The van der Waals surface area contributed by atoms with Crippen LogP contribution in [0.5, 0.6) is 0 Å². The predicted octanol–water partition coefficient (Wildman–Crippen LogP) is 2.84. The molecule has 2 atom stereocenters. The molecule has 1 aromatic rings. The van der Waals surface area contributed by atoms with Gasteiger partial charge in [-0.2, -0.15) is 0 Å². The van der Waals surface area contributed by atoms with Gasteiger partial charge in [0.15, 0.2) is 0 Å². The van der Waals surface area contributed by atoms with Crippen LogP contribution in [0.1, 0.15) is 32.6 Å². The van der Waals surface area contributed by atoms with E-state index in [-0.39, 0.29) is 0 Å². The van der Waals surface area contributed by atoms with Crippen molar-refractivity contribution in [3.8, 4) is 0 Å². The molecule has 1 N–H and O–H groups in total. The first kappa shape index (κ1) is 12.2. The van der Waals surface area contributed by atoms with Crippen molar-refractivity contribution < 1.29 is 0 Å². The molecule has 98 valence electrons. The van der Waals surface area contributed by atoms with Crippen molar-refractivity contribution in [2.45, 2.75) is 50.7 Å². The molecule has 0 amide bonds. The molecule has 0 aromatic carbocycles. The van der Waals surface area contributed by atoms with Gasteiger partial charge in [-0.15, -0.1) is 0 Å². The van der Waals surface area contributed by atoms with Crippen LogP contribution in [0, 0.1) is 0 Å². The van der Waals surface area contributed by atoms with Crippen LogP contribution in [0.2, 0.25) is 5.02 Å². The number of halogens is 1. The van der Waals surface area contributed by atoms with Gasteiger partial charge >= 0.3 is 0 Å². The van der Waals surface area contributed by atoms with E-state index >= 15 is 0 Å². The number of aromatic nitrogens is 1. The summed E-state index contributed by atoms with van der Waals surface area (Å²) in [5.41, 5.74) is 0. The number of pyridine rings is 1. The molecule has 2 bridgehead atoms. The molecule has 2 saturated heterocycles. The number of rotatable bonds is 3. The third-order valence-electron chi connectivity index (χ3n) is 4.24. The van der Waals surface area contributed by atoms with Crippen molar-refractivity contribution in [1.29, 1.82) is 0 Å². The van der Waals surface area contributed by atoms with E-state index in [1.807, 2.05) is 12.1 Å². The van der Waals surface area contributed by atoms with Crippen LogP contribution in [0.4, 0.5) is 5.82 Å². The fraction of sp³-hybridized carbons (Fsp3) is 0.643. The first-order valence-corrected chi connectivity index (χ1v) is 7.28. The van der Waals surface area contributed by atoms with Crippen molar-refractivity contribution in [2.75, 3.05) is 11.4 Å². The smallest absolute Gasteiger partial charge is 0.128 e. The van der Waals surface area contributed by atoms with Gasteiger partial charge in [-0.05, 0) is 44.7 Å². The molecule has 2 aliphatic rings. The first-order valence-electron chi connectivity index (χ1n) is 6.90. The second-order valence-electron chi connectivity index (χ2n) is 5.38. The molecule has 0 spiro atoms. The minimum absolute atomic E-state index is 0.627. The van der Waals surface area contributed by atoms with E-state index in [0.29, 0.717) is 11.1 Å². The summed E-state index contributed by atoms with van der Waals surface area (Å²) in [4.78, 5) is 6.90. The molecule has 1 aromatic heterocycles. The van der Waals surface area contributed by atoms with Gasteiger partial charge in [-0.1, -0.05) is 11.6 Å². The van der Waals surface area contributed by atoms with Crippen LogP contribution >= 0.6 is 11.6 Å². The van der Waals surface area contributed by atoms with E-state index in [0.717, 1.165) is 24.4 Å². The van der Waals surface area contributed by atoms with Crippen LogP contribution < -0.4 is 10.2 Å². The Balaban J connectivity index is 1.77. The maximum atomic E-state index is 5.91. The molecule has 3 rings (SSSR count). The summed E-state index contributed by atoms with van der Waals surface area (Å²) in [6.45, 7) is 3.22. The highest BCUT2D eigenvalue weighted by molar-refractivity contribution is 6.30. The van der Waals surface area contributed by atoms with Gasteiger partial charge in [0.2, 0.25) is 0 Å². The highest BCUT2D eigenvalue weighted by Gasteiger charge is 2.35. The summed E-state index contributed by atoms with van der Waals surface area (Å²) in [5.74, 6) is 1.06. The molecule has 0 saturated carbocycles. The van der Waals surface area contributed by atoms with Crippen molar-refractivity contribution in [1.82, 2.24) is 10.3 Å².